The van der Waals surface area contributed by atoms with Crippen LogP contribution in [0.3, 0.4) is 0 Å². The number of benzene rings is 2. The Morgan fingerprint density at radius 2 is 1.77 bits per heavy atom. The fourth-order valence-electron chi connectivity index (χ4n) is 3.62. The molecule has 0 saturated carbocycles. The first-order chi connectivity index (χ1) is 12.3. The van der Waals surface area contributed by atoms with Crippen LogP contribution in [-0.2, 0) is 12.8 Å². The molecule has 0 radical (unpaired) electrons. The molecule has 1 aliphatic heterocycles. The first kappa shape index (κ1) is 20.3. The number of nitriles is 1. The Hall–Kier alpha value is -2.02. The summed E-state index contributed by atoms with van der Waals surface area (Å²) in [7, 11) is 2.21. The van der Waals surface area contributed by atoms with E-state index in [1.165, 1.54) is 24.9 Å². The molecule has 0 spiro atoms. The number of para-hydroxylation sites is 1. The number of hydrogen-bond donors (Lipinski definition) is 0. The van der Waals surface area contributed by atoms with Gasteiger partial charge in [0.15, 0.2) is 0 Å². The van der Waals surface area contributed by atoms with Crippen molar-refractivity contribution in [1.29, 1.82) is 5.26 Å². The third-order valence-corrected chi connectivity index (χ3v) is 5.15. The summed E-state index contributed by atoms with van der Waals surface area (Å²) in [5.74, 6) is 0.984. The van der Waals surface area contributed by atoms with Crippen LogP contribution in [-0.4, -0.2) is 31.1 Å². The smallest absolute Gasteiger partial charge is 0.122 e. The molecule has 2 aromatic carbocycles. The molecule has 2 aromatic rings. The van der Waals surface area contributed by atoms with Crippen LogP contribution in [0.4, 0.5) is 0 Å². The molecule has 1 unspecified atom stereocenters. The second-order valence-electron chi connectivity index (χ2n) is 6.79. The lowest BCUT2D eigenvalue weighted by Gasteiger charge is -2.20. The molecule has 0 bridgehead atoms. The van der Waals surface area contributed by atoms with E-state index in [4.69, 9.17) is 4.74 Å². The van der Waals surface area contributed by atoms with E-state index in [-0.39, 0.29) is 12.4 Å². The van der Waals surface area contributed by atoms with Crippen molar-refractivity contribution in [3.63, 3.8) is 0 Å². The fraction of sp³-hybridized carbons (Fsp3) is 0.409. The quantitative estimate of drug-likeness (QED) is 0.713. The van der Waals surface area contributed by atoms with Crippen LogP contribution in [0.25, 0.3) is 0 Å². The van der Waals surface area contributed by atoms with Gasteiger partial charge < -0.3 is 9.64 Å². The van der Waals surface area contributed by atoms with Crippen molar-refractivity contribution in [2.45, 2.75) is 38.1 Å². The predicted octanol–water partition coefficient (Wildman–Crippen LogP) is 4.63. The van der Waals surface area contributed by atoms with Gasteiger partial charge in [0.1, 0.15) is 5.75 Å². The molecule has 3 rings (SSSR count). The van der Waals surface area contributed by atoms with E-state index < -0.39 is 0 Å². The number of nitrogens with zero attached hydrogens (tertiary/aromatic N) is 2. The Morgan fingerprint density at radius 3 is 2.50 bits per heavy atom. The zero-order chi connectivity index (χ0) is 17.5. The van der Waals surface area contributed by atoms with Gasteiger partial charge in [-0.15, -0.1) is 12.4 Å². The highest BCUT2D eigenvalue weighted by molar-refractivity contribution is 5.85. The molecule has 1 saturated heterocycles. The zero-order valence-corrected chi connectivity index (χ0v) is 16.2. The van der Waals surface area contributed by atoms with Gasteiger partial charge in [-0.1, -0.05) is 36.4 Å². The van der Waals surface area contributed by atoms with Crippen molar-refractivity contribution in [2.75, 3.05) is 20.2 Å². The topological polar surface area (TPSA) is 36.3 Å². The van der Waals surface area contributed by atoms with E-state index in [0.29, 0.717) is 6.04 Å². The molecule has 26 heavy (non-hydrogen) atoms. The van der Waals surface area contributed by atoms with Crippen molar-refractivity contribution in [3.8, 4) is 11.8 Å². The maximum Gasteiger partial charge on any atom is 0.122 e. The van der Waals surface area contributed by atoms with Crippen molar-refractivity contribution >= 4 is 12.4 Å². The molecule has 1 fully saturated rings. The van der Waals surface area contributed by atoms with Crippen LogP contribution in [0.15, 0.2) is 48.5 Å². The minimum Gasteiger partial charge on any atom is -0.493 e. The van der Waals surface area contributed by atoms with Crippen LogP contribution < -0.4 is 4.74 Å². The number of likely N-dealkylation sites (tertiary alicyclic amines) is 1. The standard InChI is InChI=1S/C22H26N2O.ClH/c1-24-15-6-10-21(24)14-16-25-22-11-5-4-8-19(22)13-12-18-7-2-3-9-20(18)17-23;/h2-5,7-9,11,21H,6,10,12-16H2,1H3;1H. The molecule has 0 N–H and O–H groups in total. The molecule has 0 aromatic heterocycles. The highest BCUT2D eigenvalue weighted by atomic mass is 35.5. The Balaban J connectivity index is 0.00000243. The van der Waals surface area contributed by atoms with Gasteiger partial charge in [-0.25, -0.2) is 0 Å². The second kappa shape index (κ2) is 10.2. The van der Waals surface area contributed by atoms with Crippen LogP contribution >= 0.6 is 12.4 Å². The van der Waals surface area contributed by atoms with Crippen molar-refractivity contribution in [3.05, 3.63) is 65.2 Å². The minimum atomic E-state index is 0. The van der Waals surface area contributed by atoms with Crippen molar-refractivity contribution < 1.29 is 4.74 Å². The van der Waals surface area contributed by atoms with Gasteiger partial charge in [0, 0.05) is 6.04 Å². The van der Waals surface area contributed by atoms with Gasteiger partial charge in [-0.3, -0.25) is 0 Å². The lowest BCUT2D eigenvalue weighted by Crippen LogP contribution is -2.26. The molecule has 1 atom stereocenters. The van der Waals surface area contributed by atoms with Crippen LogP contribution in [0.1, 0.15) is 36.0 Å². The monoisotopic (exact) mass is 370 g/mol. The Kier molecular flexibility index (Phi) is 7.97. The molecule has 1 aliphatic rings. The SMILES string of the molecule is CN1CCCC1CCOc1ccccc1CCc1ccccc1C#N.Cl. The summed E-state index contributed by atoms with van der Waals surface area (Å²) in [5, 5.41) is 9.23. The summed E-state index contributed by atoms with van der Waals surface area (Å²) in [6.07, 6.45) is 5.41. The summed E-state index contributed by atoms with van der Waals surface area (Å²) in [6, 6.07) is 19.1. The molecule has 0 amide bonds. The number of halogens is 1. The van der Waals surface area contributed by atoms with E-state index in [0.717, 1.165) is 42.7 Å². The first-order valence-electron chi connectivity index (χ1n) is 9.17. The van der Waals surface area contributed by atoms with Gasteiger partial charge in [0.25, 0.3) is 0 Å². The molecular formula is C22H27ClN2O. The largest absolute Gasteiger partial charge is 0.493 e. The lowest BCUT2D eigenvalue weighted by atomic mass is 10.00. The maximum absolute atomic E-state index is 9.23. The second-order valence-corrected chi connectivity index (χ2v) is 6.79. The van der Waals surface area contributed by atoms with Crippen molar-refractivity contribution in [2.24, 2.45) is 0 Å². The predicted molar refractivity (Wildman–Crippen MR) is 108 cm³/mol. The minimum absolute atomic E-state index is 0. The summed E-state index contributed by atoms with van der Waals surface area (Å²) >= 11 is 0. The Labute approximate surface area is 163 Å². The highest BCUT2D eigenvalue weighted by Gasteiger charge is 2.20. The average Bonchev–Trinajstić information content (AvgIpc) is 3.06. The van der Waals surface area contributed by atoms with E-state index >= 15 is 0 Å². The molecule has 3 nitrogen and oxygen atoms in total. The number of rotatable bonds is 7. The molecule has 0 aliphatic carbocycles. The van der Waals surface area contributed by atoms with Gasteiger partial charge in [-0.2, -0.15) is 5.26 Å². The Morgan fingerprint density at radius 1 is 1.08 bits per heavy atom. The molecule has 1 heterocycles. The molecule has 4 heteroatoms. The molecule has 138 valence electrons. The van der Waals surface area contributed by atoms with E-state index in [1.54, 1.807) is 0 Å². The third-order valence-electron chi connectivity index (χ3n) is 5.15. The third kappa shape index (κ3) is 5.24. The lowest BCUT2D eigenvalue weighted by molar-refractivity contribution is 0.232. The van der Waals surface area contributed by atoms with Crippen LogP contribution in [0.2, 0.25) is 0 Å². The van der Waals surface area contributed by atoms with E-state index in [1.807, 2.05) is 30.3 Å². The summed E-state index contributed by atoms with van der Waals surface area (Å²) in [5.41, 5.74) is 3.09. The zero-order valence-electron chi connectivity index (χ0n) is 15.4. The van der Waals surface area contributed by atoms with E-state index in [9.17, 15) is 5.26 Å². The summed E-state index contributed by atoms with van der Waals surface area (Å²) in [6.45, 7) is 1.97. The van der Waals surface area contributed by atoms with Crippen molar-refractivity contribution in [1.82, 2.24) is 4.90 Å². The first-order valence-corrected chi connectivity index (χ1v) is 9.17. The van der Waals surface area contributed by atoms with Crippen LogP contribution in [0, 0.1) is 11.3 Å². The summed E-state index contributed by atoms with van der Waals surface area (Å²) < 4.78 is 6.10. The summed E-state index contributed by atoms with van der Waals surface area (Å²) in [4.78, 5) is 2.44. The number of hydrogen-bond acceptors (Lipinski definition) is 3. The van der Waals surface area contributed by atoms with Gasteiger partial charge in [0.05, 0.1) is 18.2 Å². The molecular weight excluding hydrogens is 344 g/mol. The van der Waals surface area contributed by atoms with Gasteiger partial charge in [-0.05, 0) is 69.0 Å². The number of ether oxygens (including phenoxy) is 1. The average molecular weight is 371 g/mol. The normalized spacial score (nSPS) is 16.7. The Bertz CT molecular complexity index is 741. The van der Waals surface area contributed by atoms with Crippen LogP contribution in [0.5, 0.6) is 5.75 Å². The highest BCUT2D eigenvalue weighted by Crippen LogP contribution is 2.23. The fourth-order valence-corrected chi connectivity index (χ4v) is 3.62. The van der Waals surface area contributed by atoms with E-state index in [2.05, 4.69) is 36.2 Å². The number of aryl methyl sites for hydroxylation is 2. The maximum atomic E-state index is 9.23. The van der Waals surface area contributed by atoms with Gasteiger partial charge >= 0.3 is 0 Å². The van der Waals surface area contributed by atoms with Gasteiger partial charge in [0.2, 0.25) is 0 Å².